The van der Waals surface area contributed by atoms with Gasteiger partial charge in [-0.15, -0.1) is 10.2 Å². The van der Waals surface area contributed by atoms with Crippen molar-refractivity contribution in [3.8, 4) is 5.75 Å². The Morgan fingerprint density at radius 1 is 1.10 bits per heavy atom. The number of ketones is 1. The van der Waals surface area contributed by atoms with E-state index in [1.54, 1.807) is 36.4 Å². The normalized spacial score (nSPS) is 12.2. The number of benzene rings is 2. The Kier molecular flexibility index (Phi) is 7.50. The number of carbonyl (C=O) groups excluding carboxylic acids is 1. The number of hydrogen-bond donors (Lipinski definition) is 0. The van der Waals surface area contributed by atoms with Gasteiger partial charge in [0, 0.05) is 17.1 Å². The van der Waals surface area contributed by atoms with E-state index in [1.165, 1.54) is 23.9 Å². The Morgan fingerprint density at radius 2 is 1.77 bits per heavy atom. The standard InChI is InChI=1S/C22H23ClFN3O2S/c1-14(2)12-27-21(15(3)29-19-10-8-18(24)9-11-19)25-26-22(27)30-13-20(28)16-4-6-17(23)7-5-16/h4-11,14-15H,12-13H2,1-3H3. The van der Waals surface area contributed by atoms with Gasteiger partial charge in [-0.05, 0) is 61.4 Å². The summed E-state index contributed by atoms with van der Waals surface area (Å²) in [7, 11) is 0. The molecule has 3 rings (SSSR count). The quantitative estimate of drug-likeness (QED) is 0.304. The number of aromatic nitrogens is 3. The first-order chi connectivity index (χ1) is 14.3. The van der Waals surface area contributed by atoms with Crippen LogP contribution in [0.25, 0.3) is 0 Å². The molecule has 0 radical (unpaired) electrons. The Hall–Kier alpha value is -2.38. The molecule has 3 aromatic rings. The van der Waals surface area contributed by atoms with Crippen LogP contribution in [-0.4, -0.2) is 26.3 Å². The van der Waals surface area contributed by atoms with Gasteiger partial charge in [-0.3, -0.25) is 4.79 Å². The smallest absolute Gasteiger partial charge is 0.191 e. The van der Waals surface area contributed by atoms with Gasteiger partial charge in [-0.25, -0.2) is 4.39 Å². The van der Waals surface area contributed by atoms with Gasteiger partial charge in [0.1, 0.15) is 11.6 Å². The van der Waals surface area contributed by atoms with Gasteiger partial charge in [0.15, 0.2) is 22.9 Å². The summed E-state index contributed by atoms with van der Waals surface area (Å²) in [6.07, 6.45) is -0.386. The van der Waals surface area contributed by atoms with E-state index >= 15 is 0 Å². The summed E-state index contributed by atoms with van der Waals surface area (Å²) >= 11 is 7.23. The van der Waals surface area contributed by atoms with E-state index in [4.69, 9.17) is 16.3 Å². The summed E-state index contributed by atoms with van der Waals surface area (Å²) in [5.41, 5.74) is 0.607. The number of Topliss-reactive ketones (excluding diaryl/α,β-unsaturated/α-hetero) is 1. The van der Waals surface area contributed by atoms with Crippen molar-refractivity contribution < 1.29 is 13.9 Å². The van der Waals surface area contributed by atoms with Crippen LogP contribution in [-0.2, 0) is 6.54 Å². The van der Waals surface area contributed by atoms with Crippen molar-refractivity contribution in [2.75, 3.05) is 5.75 Å². The molecule has 0 aliphatic heterocycles. The SMILES string of the molecule is CC(C)Cn1c(SCC(=O)c2ccc(Cl)cc2)nnc1C(C)Oc1ccc(F)cc1. The van der Waals surface area contributed by atoms with Gasteiger partial charge < -0.3 is 9.30 Å². The fourth-order valence-electron chi connectivity index (χ4n) is 2.86. The third kappa shape index (κ3) is 5.83. The average molecular weight is 448 g/mol. The number of carbonyl (C=O) groups is 1. The van der Waals surface area contributed by atoms with E-state index in [9.17, 15) is 9.18 Å². The van der Waals surface area contributed by atoms with Crippen molar-refractivity contribution in [3.05, 3.63) is 70.8 Å². The molecule has 0 saturated heterocycles. The number of thioether (sulfide) groups is 1. The number of rotatable bonds is 9. The van der Waals surface area contributed by atoms with Gasteiger partial charge in [0.25, 0.3) is 0 Å². The van der Waals surface area contributed by atoms with Crippen LogP contribution in [0.5, 0.6) is 5.75 Å². The zero-order chi connectivity index (χ0) is 21.7. The van der Waals surface area contributed by atoms with E-state index in [0.29, 0.717) is 39.8 Å². The fourth-order valence-corrected chi connectivity index (χ4v) is 3.84. The summed E-state index contributed by atoms with van der Waals surface area (Å²) in [4.78, 5) is 12.5. The van der Waals surface area contributed by atoms with E-state index in [2.05, 4.69) is 24.0 Å². The molecule has 0 bridgehead atoms. The Balaban J connectivity index is 1.74. The fraction of sp³-hybridized carbons (Fsp3) is 0.318. The zero-order valence-electron chi connectivity index (χ0n) is 17.0. The van der Waals surface area contributed by atoms with Gasteiger partial charge in [-0.2, -0.15) is 0 Å². The molecular weight excluding hydrogens is 425 g/mol. The maximum Gasteiger partial charge on any atom is 0.191 e. The predicted octanol–water partition coefficient (Wildman–Crippen LogP) is 5.84. The predicted molar refractivity (Wildman–Crippen MR) is 117 cm³/mol. The van der Waals surface area contributed by atoms with Crippen molar-refractivity contribution in [2.45, 2.75) is 38.6 Å². The maximum atomic E-state index is 13.1. The monoisotopic (exact) mass is 447 g/mol. The summed E-state index contributed by atoms with van der Waals surface area (Å²) in [6, 6.07) is 12.7. The molecule has 1 heterocycles. The van der Waals surface area contributed by atoms with Crippen molar-refractivity contribution in [2.24, 2.45) is 5.92 Å². The van der Waals surface area contributed by atoms with E-state index in [0.717, 1.165) is 0 Å². The molecule has 2 aromatic carbocycles. The van der Waals surface area contributed by atoms with Crippen LogP contribution in [0.3, 0.4) is 0 Å². The van der Waals surface area contributed by atoms with Crippen molar-refractivity contribution in [1.82, 2.24) is 14.8 Å². The molecule has 0 aliphatic rings. The minimum Gasteiger partial charge on any atom is -0.483 e. The molecule has 8 heteroatoms. The highest BCUT2D eigenvalue weighted by Gasteiger charge is 2.21. The summed E-state index contributed by atoms with van der Waals surface area (Å²) in [6.45, 7) is 6.76. The van der Waals surface area contributed by atoms with E-state index in [1.807, 2.05) is 11.5 Å². The largest absolute Gasteiger partial charge is 0.483 e. The van der Waals surface area contributed by atoms with Crippen LogP contribution < -0.4 is 4.74 Å². The van der Waals surface area contributed by atoms with Gasteiger partial charge in [0.2, 0.25) is 0 Å². The lowest BCUT2D eigenvalue weighted by molar-refractivity contribution is 0.102. The Bertz CT molecular complexity index is 991. The molecule has 1 unspecified atom stereocenters. The molecule has 0 amide bonds. The Morgan fingerprint density at radius 3 is 2.40 bits per heavy atom. The maximum absolute atomic E-state index is 13.1. The zero-order valence-corrected chi connectivity index (χ0v) is 18.6. The second-order valence-electron chi connectivity index (χ2n) is 7.28. The van der Waals surface area contributed by atoms with Crippen LogP contribution in [0.4, 0.5) is 4.39 Å². The molecule has 30 heavy (non-hydrogen) atoms. The summed E-state index contributed by atoms with van der Waals surface area (Å²) in [5, 5.41) is 9.85. The minimum absolute atomic E-state index is 0.00655. The van der Waals surface area contributed by atoms with Gasteiger partial charge in [-0.1, -0.05) is 37.2 Å². The topological polar surface area (TPSA) is 57.0 Å². The third-order valence-electron chi connectivity index (χ3n) is 4.28. The first-order valence-corrected chi connectivity index (χ1v) is 11.0. The van der Waals surface area contributed by atoms with Gasteiger partial charge in [0.05, 0.1) is 5.75 Å². The molecule has 0 aliphatic carbocycles. The molecule has 0 N–H and O–H groups in total. The highest BCUT2D eigenvalue weighted by atomic mass is 35.5. The molecule has 0 fully saturated rings. The lowest BCUT2D eigenvalue weighted by Gasteiger charge is -2.17. The highest BCUT2D eigenvalue weighted by molar-refractivity contribution is 7.99. The lowest BCUT2D eigenvalue weighted by atomic mass is 10.1. The first kappa shape index (κ1) is 22.3. The first-order valence-electron chi connectivity index (χ1n) is 9.60. The van der Waals surface area contributed by atoms with E-state index in [-0.39, 0.29) is 23.5 Å². The molecule has 0 spiro atoms. The molecule has 0 saturated carbocycles. The molecular formula is C22H23ClFN3O2S. The second kappa shape index (κ2) is 10.1. The van der Waals surface area contributed by atoms with Crippen LogP contribution >= 0.6 is 23.4 Å². The van der Waals surface area contributed by atoms with E-state index < -0.39 is 0 Å². The van der Waals surface area contributed by atoms with Crippen LogP contribution in [0.15, 0.2) is 53.7 Å². The molecule has 1 atom stereocenters. The van der Waals surface area contributed by atoms with Crippen LogP contribution in [0.1, 0.15) is 43.1 Å². The number of hydrogen-bond acceptors (Lipinski definition) is 5. The van der Waals surface area contributed by atoms with Crippen LogP contribution in [0.2, 0.25) is 5.02 Å². The lowest BCUT2D eigenvalue weighted by Crippen LogP contribution is -2.15. The van der Waals surface area contributed by atoms with Gasteiger partial charge >= 0.3 is 0 Å². The van der Waals surface area contributed by atoms with Crippen molar-refractivity contribution in [3.63, 3.8) is 0 Å². The number of ether oxygens (including phenoxy) is 1. The van der Waals surface area contributed by atoms with Crippen molar-refractivity contribution >= 4 is 29.1 Å². The highest BCUT2D eigenvalue weighted by Crippen LogP contribution is 2.26. The van der Waals surface area contributed by atoms with Crippen molar-refractivity contribution in [1.29, 1.82) is 0 Å². The summed E-state index contributed by atoms with van der Waals surface area (Å²) in [5.74, 6) is 1.48. The number of halogens is 2. The number of nitrogens with zero attached hydrogens (tertiary/aromatic N) is 3. The molecule has 1 aromatic heterocycles. The van der Waals surface area contributed by atoms with Crippen LogP contribution in [0, 0.1) is 11.7 Å². The average Bonchev–Trinajstić information content (AvgIpc) is 3.10. The molecule has 5 nitrogen and oxygen atoms in total. The third-order valence-corrected chi connectivity index (χ3v) is 5.50. The minimum atomic E-state index is -0.386. The molecule has 158 valence electrons. The summed E-state index contributed by atoms with van der Waals surface area (Å²) < 4.78 is 21.0. The second-order valence-corrected chi connectivity index (χ2v) is 8.66. The Labute approximate surface area is 184 Å².